The lowest BCUT2D eigenvalue weighted by Gasteiger charge is -2.37. The number of piperazine rings is 1. The molecule has 2 aliphatic heterocycles. The van der Waals surface area contributed by atoms with Gasteiger partial charge in [-0.05, 0) is 74.0 Å². The molecule has 1 aromatic heterocycles. The summed E-state index contributed by atoms with van der Waals surface area (Å²) in [6.45, 7) is 8.30. The Morgan fingerprint density at radius 3 is 2.14 bits per heavy atom. The topological polar surface area (TPSA) is 74.0 Å². The summed E-state index contributed by atoms with van der Waals surface area (Å²) in [6, 6.07) is 31.6. The standard InChI is InChI=1S/C38H39Cl2N5O4/c1-3-27(2)45-37(46)44(26-41-45)32-12-10-30(11-13-32)42-19-21-43(22-20-42)31-14-16-33(17-15-31)47-24-34-25-48-38(49-34,28-7-5-4-6-8-28)35-18-9-29(39)23-36(35)40/h4-18,23,26-27,34H,3,19-22,24-25H2,1-2H3. The van der Waals surface area contributed by atoms with E-state index in [1.165, 1.54) is 0 Å². The number of nitrogens with zero attached hydrogens (tertiary/aromatic N) is 5. The molecular formula is C38H39Cl2N5O4. The number of anilines is 2. The molecule has 49 heavy (non-hydrogen) atoms. The number of hydrogen-bond donors (Lipinski definition) is 0. The van der Waals surface area contributed by atoms with Crippen molar-refractivity contribution in [3.8, 4) is 11.4 Å². The zero-order chi connectivity index (χ0) is 34.0. The first-order valence-corrected chi connectivity index (χ1v) is 17.4. The van der Waals surface area contributed by atoms with Crippen LogP contribution < -0.4 is 20.2 Å². The minimum Gasteiger partial charge on any atom is -0.491 e. The summed E-state index contributed by atoms with van der Waals surface area (Å²) < 4.78 is 22.3. The molecule has 0 aliphatic carbocycles. The summed E-state index contributed by atoms with van der Waals surface area (Å²) in [5.74, 6) is -0.386. The van der Waals surface area contributed by atoms with Gasteiger partial charge < -0.3 is 24.0 Å². The highest BCUT2D eigenvalue weighted by Gasteiger charge is 2.46. The predicted molar refractivity (Wildman–Crippen MR) is 194 cm³/mol. The number of hydrogen-bond acceptors (Lipinski definition) is 7. The zero-order valence-corrected chi connectivity index (χ0v) is 29.1. The van der Waals surface area contributed by atoms with Crippen LogP contribution in [0.25, 0.3) is 5.69 Å². The van der Waals surface area contributed by atoms with E-state index in [2.05, 4.69) is 46.1 Å². The average molecular weight is 701 g/mol. The van der Waals surface area contributed by atoms with Gasteiger partial charge in [0.2, 0.25) is 5.79 Å². The van der Waals surface area contributed by atoms with Gasteiger partial charge in [0, 0.05) is 53.7 Å². The monoisotopic (exact) mass is 699 g/mol. The zero-order valence-electron chi connectivity index (χ0n) is 27.5. The number of halogens is 2. The van der Waals surface area contributed by atoms with Gasteiger partial charge in [-0.25, -0.2) is 14.0 Å². The molecule has 11 heteroatoms. The second kappa shape index (κ2) is 14.3. The summed E-state index contributed by atoms with van der Waals surface area (Å²) in [6.07, 6.45) is 2.15. The van der Waals surface area contributed by atoms with E-state index in [1.54, 1.807) is 27.7 Å². The van der Waals surface area contributed by atoms with Crippen molar-refractivity contribution in [3.63, 3.8) is 0 Å². The second-order valence-electron chi connectivity index (χ2n) is 12.4. The van der Waals surface area contributed by atoms with Crippen molar-refractivity contribution in [2.24, 2.45) is 0 Å². The van der Waals surface area contributed by atoms with Crippen molar-refractivity contribution in [2.45, 2.75) is 38.2 Å². The molecule has 254 valence electrons. The van der Waals surface area contributed by atoms with Crippen LogP contribution in [-0.4, -0.2) is 59.8 Å². The van der Waals surface area contributed by atoms with Crippen LogP contribution in [0.15, 0.2) is 108 Å². The van der Waals surface area contributed by atoms with E-state index in [0.29, 0.717) is 28.8 Å². The molecule has 4 aromatic carbocycles. The molecule has 2 fully saturated rings. The SMILES string of the molecule is CCC(C)n1ncn(-c2ccc(N3CCN(c4ccc(OCC5COC(c6ccccc6)(c6ccc(Cl)cc6Cl)O5)cc4)CC3)cc2)c1=O. The van der Waals surface area contributed by atoms with Crippen LogP contribution >= 0.6 is 23.2 Å². The summed E-state index contributed by atoms with van der Waals surface area (Å²) in [4.78, 5) is 17.6. The van der Waals surface area contributed by atoms with E-state index in [0.717, 1.165) is 61.0 Å². The number of rotatable bonds is 10. The lowest BCUT2D eigenvalue weighted by Crippen LogP contribution is -2.46. The first-order chi connectivity index (χ1) is 23.8. The van der Waals surface area contributed by atoms with Gasteiger partial charge in [-0.1, -0.05) is 66.5 Å². The van der Waals surface area contributed by atoms with Crippen molar-refractivity contribution in [1.29, 1.82) is 0 Å². The molecule has 3 unspecified atom stereocenters. The molecule has 0 amide bonds. The quantitative estimate of drug-likeness (QED) is 0.151. The summed E-state index contributed by atoms with van der Waals surface area (Å²) in [5.41, 5.74) is 4.56. The van der Waals surface area contributed by atoms with Gasteiger partial charge in [0.1, 0.15) is 24.8 Å². The normalized spacial score (nSPS) is 20.0. The van der Waals surface area contributed by atoms with Crippen molar-refractivity contribution in [3.05, 3.63) is 135 Å². The van der Waals surface area contributed by atoms with Gasteiger partial charge in [-0.2, -0.15) is 5.10 Å². The molecule has 7 rings (SSSR count). The Kier molecular flexibility index (Phi) is 9.69. The van der Waals surface area contributed by atoms with Gasteiger partial charge in [-0.3, -0.25) is 0 Å². The molecule has 0 bridgehead atoms. The second-order valence-corrected chi connectivity index (χ2v) is 13.3. The maximum Gasteiger partial charge on any atom is 0.350 e. The molecule has 2 saturated heterocycles. The van der Waals surface area contributed by atoms with Crippen molar-refractivity contribution >= 4 is 34.6 Å². The summed E-state index contributed by atoms with van der Waals surface area (Å²) in [5, 5.41) is 5.33. The Morgan fingerprint density at radius 2 is 1.51 bits per heavy atom. The van der Waals surface area contributed by atoms with Gasteiger partial charge in [0.25, 0.3) is 0 Å². The van der Waals surface area contributed by atoms with Crippen LogP contribution in [-0.2, 0) is 15.3 Å². The molecule has 0 radical (unpaired) electrons. The minimum atomic E-state index is -1.15. The van der Waals surface area contributed by atoms with Gasteiger partial charge in [0.05, 0.1) is 23.4 Å². The van der Waals surface area contributed by atoms with Gasteiger partial charge in [-0.15, -0.1) is 0 Å². The summed E-state index contributed by atoms with van der Waals surface area (Å²) >= 11 is 12.8. The van der Waals surface area contributed by atoms with Crippen LogP contribution in [0.1, 0.15) is 37.4 Å². The third kappa shape index (κ3) is 6.81. The third-order valence-corrected chi connectivity index (χ3v) is 9.90. The number of benzene rings is 4. The van der Waals surface area contributed by atoms with Crippen LogP contribution in [0, 0.1) is 0 Å². The number of aromatic nitrogens is 3. The highest BCUT2D eigenvalue weighted by atomic mass is 35.5. The molecule has 9 nitrogen and oxygen atoms in total. The molecule has 0 saturated carbocycles. The Balaban J connectivity index is 0.936. The van der Waals surface area contributed by atoms with Crippen molar-refractivity contribution < 1.29 is 14.2 Å². The van der Waals surface area contributed by atoms with Crippen LogP contribution in [0.4, 0.5) is 11.4 Å². The van der Waals surface area contributed by atoms with E-state index in [1.807, 2.05) is 67.6 Å². The maximum atomic E-state index is 12.8. The molecule has 0 spiro atoms. The number of ether oxygens (including phenoxy) is 3. The largest absolute Gasteiger partial charge is 0.491 e. The van der Waals surface area contributed by atoms with E-state index in [4.69, 9.17) is 37.4 Å². The fourth-order valence-corrected chi connectivity index (χ4v) is 6.95. The predicted octanol–water partition coefficient (Wildman–Crippen LogP) is 7.33. The van der Waals surface area contributed by atoms with E-state index in [-0.39, 0.29) is 17.8 Å². The van der Waals surface area contributed by atoms with Crippen LogP contribution in [0.3, 0.4) is 0 Å². The average Bonchev–Trinajstić information content (AvgIpc) is 3.75. The highest BCUT2D eigenvalue weighted by Crippen LogP contribution is 2.44. The molecule has 3 atom stereocenters. The molecule has 2 aliphatic rings. The molecule has 0 N–H and O–H groups in total. The van der Waals surface area contributed by atoms with E-state index < -0.39 is 5.79 Å². The van der Waals surface area contributed by atoms with E-state index in [9.17, 15) is 4.79 Å². The molecule has 3 heterocycles. The van der Waals surface area contributed by atoms with Crippen molar-refractivity contribution in [2.75, 3.05) is 49.2 Å². The van der Waals surface area contributed by atoms with Crippen LogP contribution in [0.2, 0.25) is 10.0 Å². The van der Waals surface area contributed by atoms with Gasteiger partial charge in [0.15, 0.2) is 0 Å². The summed E-state index contributed by atoms with van der Waals surface area (Å²) in [7, 11) is 0. The van der Waals surface area contributed by atoms with Crippen molar-refractivity contribution in [1.82, 2.24) is 14.3 Å². The Morgan fingerprint density at radius 1 is 0.878 bits per heavy atom. The lowest BCUT2D eigenvalue weighted by atomic mass is 9.97. The first kappa shape index (κ1) is 33.2. The fourth-order valence-electron chi connectivity index (χ4n) is 6.42. The first-order valence-electron chi connectivity index (χ1n) is 16.7. The van der Waals surface area contributed by atoms with E-state index >= 15 is 0 Å². The Labute approximate surface area is 296 Å². The van der Waals surface area contributed by atoms with Crippen LogP contribution in [0.5, 0.6) is 5.75 Å². The van der Waals surface area contributed by atoms with Gasteiger partial charge >= 0.3 is 5.69 Å². The third-order valence-electron chi connectivity index (χ3n) is 9.36. The molecule has 5 aromatic rings. The molecular weight excluding hydrogens is 661 g/mol. The highest BCUT2D eigenvalue weighted by molar-refractivity contribution is 6.35. The Bertz CT molecular complexity index is 1920. The minimum absolute atomic E-state index is 0.0673. The lowest BCUT2D eigenvalue weighted by molar-refractivity contribution is -0.145. The fraction of sp³-hybridized carbons (Fsp3) is 0.316. The Hall–Kier alpha value is -4.28. The maximum absolute atomic E-state index is 12.8. The smallest absolute Gasteiger partial charge is 0.350 e.